The Morgan fingerprint density at radius 1 is 1.30 bits per heavy atom. The molecule has 2 unspecified atom stereocenters. The summed E-state index contributed by atoms with van der Waals surface area (Å²) in [5.41, 5.74) is 0. The summed E-state index contributed by atoms with van der Waals surface area (Å²) in [5, 5.41) is 2.90. The third-order valence-electron chi connectivity index (χ3n) is 3.88. The third-order valence-corrected chi connectivity index (χ3v) is 6.15. The second-order valence-electron chi connectivity index (χ2n) is 5.39. The quantitative estimate of drug-likeness (QED) is 0.909. The van der Waals surface area contributed by atoms with Crippen molar-refractivity contribution < 1.29 is 12.8 Å². The van der Waals surface area contributed by atoms with Crippen LogP contribution < -0.4 is 5.32 Å². The van der Waals surface area contributed by atoms with Gasteiger partial charge in [-0.1, -0.05) is 25.8 Å². The van der Waals surface area contributed by atoms with Crippen molar-refractivity contribution in [3.05, 3.63) is 30.1 Å². The average molecular weight is 299 g/mol. The summed E-state index contributed by atoms with van der Waals surface area (Å²) in [6, 6.07) is 5.33. The van der Waals surface area contributed by atoms with E-state index in [4.69, 9.17) is 0 Å². The van der Waals surface area contributed by atoms with Gasteiger partial charge in [-0.2, -0.15) is 0 Å². The SMILES string of the molecule is CCCNC1CCCCC1S(=O)(=O)c1cccc(F)c1. The van der Waals surface area contributed by atoms with E-state index in [9.17, 15) is 12.8 Å². The van der Waals surface area contributed by atoms with Gasteiger partial charge in [0.2, 0.25) is 0 Å². The Labute approximate surface area is 120 Å². The Hall–Kier alpha value is -0.940. The highest BCUT2D eigenvalue weighted by atomic mass is 32.2. The molecule has 1 aliphatic rings. The first-order valence-electron chi connectivity index (χ1n) is 7.28. The minimum atomic E-state index is -3.47. The summed E-state index contributed by atoms with van der Waals surface area (Å²) in [6.45, 7) is 2.88. The molecule has 112 valence electrons. The van der Waals surface area contributed by atoms with Crippen molar-refractivity contribution in [2.24, 2.45) is 0 Å². The number of sulfone groups is 1. The van der Waals surface area contributed by atoms with E-state index in [2.05, 4.69) is 12.2 Å². The first-order chi connectivity index (χ1) is 9.55. The predicted octanol–water partition coefficient (Wildman–Crippen LogP) is 2.91. The van der Waals surface area contributed by atoms with Crippen molar-refractivity contribution in [2.45, 2.75) is 55.2 Å². The van der Waals surface area contributed by atoms with Gasteiger partial charge in [-0.25, -0.2) is 12.8 Å². The van der Waals surface area contributed by atoms with Crippen LogP contribution in [0.2, 0.25) is 0 Å². The van der Waals surface area contributed by atoms with E-state index in [1.165, 1.54) is 18.2 Å². The van der Waals surface area contributed by atoms with Crippen molar-refractivity contribution in [2.75, 3.05) is 6.54 Å². The highest BCUT2D eigenvalue weighted by Crippen LogP contribution is 2.29. The van der Waals surface area contributed by atoms with Crippen LogP contribution in [0.1, 0.15) is 39.0 Å². The van der Waals surface area contributed by atoms with E-state index in [-0.39, 0.29) is 10.9 Å². The average Bonchev–Trinajstić information content (AvgIpc) is 2.45. The van der Waals surface area contributed by atoms with Gasteiger partial charge in [-0.15, -0.1) is 0 Å². The van der Waals surface area contributed by atoms with E-state index >= 15 is 0 Å². The molecule has 1 saturated carbocycles. The normalized spacial score (nSPS) is 23.7. The molecule has 0 radical (unpaired) electrons. The molecule has 5 heteroatoms. The first kappa shape index (κ1) is 15.4. The lowest BCUT2D eigenvalue weighted by molar-refractivity contribution is 0.371. The molecule has 1 aromatic carbocycles. The smallest absolute Gasteiger partial charge is 0.182 e. The summed E-state index contributed by atoms with van der Waals surface area (Å²) >= 11 is 0. The summed E-state index contributed by atoms with van der Waals surface area (Å²) < 4.78 is 38.7. The maximum atomic E-state index is 13.3. The fourth-order valence-corrected chi connectivity index (χ4v) is 4.89. The fraction of sp³-hybridized carbons (Fsp3) is 0.600. The molecule has 0 aromatic heterocycles. The van der Waals surface area contributed by atoms with Crippen LogP contribution >= 0.6 is 0 Å². The van der Waals surface area contributed by atoms with E-state index in [0.29, 0.717) is 6.42 Å². The molecule has 1 fully saturated rings. The zero-order valence-electron chi connectivity index (χ0n) is 11.8. The third kappa shape index (κ3) is 3.38. The van der Waals surface area contributed by atoms with Gasteiger partial charge in [0.05, 0.1) is 10.1 Å². The maximum Gasteiger partial charge on any atom is 0.182 e. The molecule has 0 amide bonds. The van der Waals surface area contributed by atoms with Crippen molar-refractivity contribution >= 4 is 9.84 Å². The fourth-order valence-electron chi connectivity index (χ4n) is 2.85. The summed E-state index contributed by atoms with van der Waals surface area (Å²) in [5.74, 6) is -0.500. The van der Waals surface area contributed by atoms with Crippen LogP contribution in [0.3, 0.4) is 0 Å². The van der Waals surface area contributed by atoms with E-state index in [1.54, 1.807) is 0 Å². The van der Waals surface area contributed by atoms with Gasteiger partial charge in [0.25, 0.3) is 0 Å². The number of nitrogens with one attached hydrogen (secondary N) is 1. The molecule has 20 heavy (non-hydrogen) atoms. The standard InChI is InChI=1S/C15H22FNO2S/c1-2-10-17-14-8-3-4-9-15(14)20(18,19)13-7-5-6-12(16)11-13/h5-7,11,14-15,17H,2-4,8-10H2,1H3. The lowest BCUT2D eigenvalue weighted by Crippen LogP contribution is -2.46. The Morgan fingerprint density at radius 3 is 2.75 bits per heavy atom. The zero-order chi connectivity index (χ0) is 14.6. The number of halogens is 1. The van der Waals surface area contributed by atoms with Gasteiger partial charge < -0.3 is 5.32 Å². The number of hydrogen-bond acceptors (Lipinski definition) is 3. The topological polar surface area (TPSA) is 46.2 Å². The van der Waals surface area contributed by atoms with E-state index < -0.39 is 20.9 Å². The molecule has 1 N–H and O–H groups in total. The molecule has 0 aliphatic heterocycles. The van der Waals surface area contributed by atoms with E-state index in [0.717, 1.165) is 38.3 Å². The summed E-state index contributed by atoms with van der Waals surface area (Å²) in [7, 11) is -3.47. The van der Waals surface area contributed by atoms with Crippen LogP contribution in [-0.4, -0.2) is 26.3 Å². The maximum absolute atomic E-state index is 13.3. The molecule has 0 heterocycles. The molecule has 0 spiro atoms. The Bertz CT molecular complexity index is 545. The molecular formula is C15H22FNO2S. The highest BCUT2D eigenvalue weighted by molar-refractivity contribution is 7.92. The first-order valence-corrected chi connectivity index (χ1v) is 8.83. The van der Waals surface area contributed by atoms with Crippen molar-refractivity contribution in [1.82, 2.24) is 5.32 Å². The van der Waals surface area contributed by atoms with Gasteiger partial charge >= 0.3 is 0 Å². The molecule has 0 bridgehead atoms. The molecule has 2 atom stereocenters. The largest absolute Gasteiger partial charge is 0.313 e. The van der Waals surface area contributed by atoms with Crippen LogP contribution in [0.5, 0.6) is 0 Å². The number of hydrogen-bond donors (Lipinski definition) is 1. The summed E-state index contributed by atoms with van der Waals surface area (Å²) in [6.07, 6.45) is 4.47. The minimum Gasteiger partial charge on any atom is -0.313 e. The van der Waals surface area contributed by atoms with Gasteiger partial charge in [-0.3, -0.25) is 0 Å². The monoisotopic (exact) mass is 299 g/mol. The second-order valence-corrected chi connectivity index (χ2v) is 7.55. The van der Waals surface area contributed by atoms with E-state index in [1.807, 2.05) is 0 Å². The molecular weight excluding hydrogens is 277 g/mol. The number of rotatable bonds is 5. The molecule has 0 saturated heterocycles. The van der Waals surface area contributed by atoms with Crippen molar-refractivity contribution in [3.63, 3.8) is 0 Å². The molecule has 1 aliphatic carbocycles. The second kappa shape index (κ2) is 6.68. The molecule has 3 nitrogen and oxygen atoms in total. The zero-order valence-corrected chi connectivity index (χ0v) is 12.6. The van der Waals surface area contributed by atoms with Crippen molar-refractivity contribution in [3.8, 4) is 0 Å². The lowest BCUT2D eigenvalue weighted by atomic mass is 9.95. The van der Waals surface area contributed by atoms with Crippen LogP contribution in [0.15, 0.2) is 29.2 Å². The number of benzene rings is 1. The van der Waals surface area contributed by atoms with Crippen LogP contribution in [0.4, 0.5) is 4.39 Å². The van der Waals surface area contributed by atoms with Gasteiger partial charge in [-0.05, 0) is 44.0 Å². The van der Waals surface area contributed by atoms with Crippen LogP contribution in [-0.2, 0) is 9.84 Å². The minimum absolute atomic E-state index is 0.0167. The van der Waals surface area contributed by atoms with Gasteiger partial charge in [0, 0.05) is 6.04 Å². The molecule has 2 rings (SSSR count). The Morgan fingerprint density at radius 2 is 2.05 bits per heavy atom. The van der Waals surface area contributed by atoms with Crippen LogP contribution in [0.25, 0.3) is 0 Å². The Balaban J connectivity index is 2.26. The predicted molar refractivity (Wildman–Crippen MR) is 77.9 cm³/mol. The Kier molecular flexibility index (Phi) is 5.16. The van der Waals surface area contributed by atoms with Gasteiger partial charge in [0.1, 0.15) is 5.82 Å². The lowest BCUT2D eigenvalue weighted by Gasteiger charge is -2.32. The van der Waals surface area contributed by atoms with Crippen LogP contribution in [0, 0.1) is 5.82 Å². The molecule has 1 aromatic rings. The summed E-state index contributed by atoms with van der Waals surface area (Å²) in [4.78, 5) is 0.104. The van der Waals surface area contributed by atoms with Gasteiger partial charge in [0.15, 0.2) is 9.84 Å². The highest BCUT2D eigenvalue weighted by Gasteiger charge is 2.36. The van der Waals surface area contributed by atoms with Crippen molar-refractivity contribution in [1.29, 1.82) is 0 Å².